The lowest BCUT2D eigenvalue weighted by Gasteiger charge is -2.15. The summed E-state index contributed by atoms with van der Waals surface area (Å²) in [6.07, 6.45) is 2.81. The summed E-state index contributed by atoms with van der Waals surface area (Å²) in [6, 6.07) is 1.61. The van der Waals surface area contributed by atoms with Crippen molar-refractivity contribution in [3.05, 3.63) is 12.3 Å². The van der Waals surface area contributed by atoms with Crippen LogP contribution in [0.5, 0.6) is 0 Å². The highest BCUT2D eigenvalue weighted by Gasteiger charge is 2.14. The maximum absolute atomic E-state index is 11.6. The van der Waals surface area contributed by atoms with Gasteiger partial charge in [-0.3, -0.25) is 4.79 Å². The molecule has 0 saturated heterocycles. The summed E-state index contributed by atoms with van der Waals surface area (Å²) in [5, 5.41) is 6.27. The zero-order valence-electron chi connectivity index (χ0n) is 9.77. The third kappa shape index (κ3) is 4.44. The molecule has 90 valence electrons. The number of rotatable bonds is 6. The largest absolute Gasteiger partial charge is 0.363 e. The summed E-state index contributed by atoms with van der Waals surface area (Å²) < 4.78 is 4.62. The molecule has 0 aliphatic rings. The van der Waals surface area contributed by atoms with Crippen molar-refractivity contribution in [2.45, 2.75) is 26.7 Å². The fourth-order valence-corrected chi connectivity index (χ4v) is 1.66. The number of nitrogens with one attached hydrogen (secondary N) is 1. The van der Waals surface area contributed by atoms with Crippen LogP contribution in [0.4, 0.5) is 5.82 Å². The Labute approximate surface area is 95.4 Å². The second-order valence-electron chi connectivity index (χ2n) is 4.37. The molecule has 1 aromatic rings. The van der Waals surface area contributed by atoms with Gasteiger partial charge < -0.3 is 15.6 Å². The van der Waals surface area contributed by atoms with E-state index in [1.54, 1.807) is 6.07 Å². The summed E-state index contributed by atoms with van der Waals surface area (Å²) >= 11 is 0. The van der Waals surface area contributed by atoms with E-state index in [9.17, 15) is 4.79 Å². The monoisotopic (exact) mass is 225 g/mol. The number of nitrogens with two attached hydrogens (primary N) is 1. The molecule has 1 heterocycles. The molecule has 1 unspecified atom stereocenters. The van der Waals surface area contributed by atoms with Crippen LogP contribution in [0, 0.1) is 11.8 Å². The number of carbonyl (C=O) groups is 1. The van der Waals surface area contributed by atoms with Crippen LogP contribution in [-0.2, 0) is 4.79 Å². The van der Waals surface area contributed by atoms with E-state index in [1.165, 1.54) is 6.26 Å². The predicted molar refractivity (Wildman–Crippen MR) is 61.7 cm³/mol. The molecule has 5 nitrogen and oxygen atoms in total. The molecule has 1 amide bonds. The summed E-state index contributed by atoms with van der Waals surface area (Å²) in [4.78, 5) is 11.6. The Morgan fingerprint density at radius 1 is 1.62 bits per heavy atom. The molecule has 3 N–H and O–H groups in total. The quantitative estimate of drug-likeness (QED) is 0.770. The van der Waals surface area contributed by atoms with Gasteiger partial charge in [0.2, 0.25) is 5.91 Å². The van der Waals surface area contributed by atoms with E-state index >= 15 is 0 Å². The molecule has 5 heteroatoms. The van der Waals surface area contributed by atoms with Gasteiger partial charge in [-0.05, 0) is 24.8 Å². The molecule has 0 fully saturated rings. The van der Waals surface area contributed by atoms with E-state index in [0.717, 1.165) is 6.42 Å². The maximum atomic E-state index is 11.6. The van der Waals surface area contributed by atoms with Gasteiger partial charge in [-0.2, -0.15) is 0 Å². The number of carbonyl (C=O) groups excluding carboxylic acids is 1. The molecule has 1 rings (SSSR count). The van der Waals surface area contributed by atoms with E-state index < -0.39 is 0 Å². The van der Waals surface area contributed by atoms with Crippen LogP contribution in [0.1, 0.15) is 26.7 Å². The molecule has 0 aliphatic heterocycles. The molecular weight excluding hydrogens is 206 g/mol. The number of nitrogens with zero attached hydrogens (tertiary/aromatic N) is 1. The Bertz CT molecular complexity index is 309. The summed E-state index contributed by atoms with van der Waals surface area (Å²) in [5.74, 6) is 1.16. The lowest BCUT2D eigenvalue weighted by atomic mass is 9.94. The van der Waals surface area contributed by atoms with Gasteiger partial charge in [0.1, 0.15) is 6.26 Å². The Morgan fingerprint density at radius 2 is 2.38 bits per heavy atom. The zero-order valence-corrected chi connectivity index (χ0v) is 9.77. The minimum absolute atomic E-state index is 0.0648. The molecule has 0 bridgehead atoms. The van der Waals surface area contributed by atoms with Crippen LogP contribution in [-0.4, -0.2) is 17.6 Å². The lowest BCUT2D eigenvalue weighted by Crippen LogP contribution is -2.23. The Morgan fingerprint density at radius 3 is 2.88 bits per heavy atom. The average Bonchev–Trinajstić information content (AvgIpc) is 2.68. The molecule has 0 radical (unpaired) electrons. The van der Waals surface area contributed by atoms with Crippen molar-refractivity contribution < 1.29 is 9.32 Å². The van der Waals surface area contributed by atoms with Gasteiger partial charge in [0.25, 0.3) is 0 Å². The number of amides is 1. The van der Waals surface area contributed by atoms with E-state index in [-0.39, 0.29) is 11.8 Å². The van der Waals surface area contributed by atoms with Crippen molar-refractivity contribution in [2.24, 2.45) is 17.6 Å². The van der Waals surface area contributed by atoms with Gasteiger partial charge in [0, 0.05) is 12.5 Å². The first-order chi connectivity index (χ1) is 7.61. The number of aromatic nitrogens is 1. The third-order valence-electron chi connectivity index (χ3n) is 2.32. The van der Waals surface area contributed by atoms with Gasteiger partial charge in [0.15, 0.2) is 5.82 Å². The second kappa shape index (κ2) is 6.27. The van der Waals surface area contributed by atoms with E-state index in [2.05, 4.69) is 28.8 Å². The molecular formula is C11H19N3O2. The molecule has 1 aromatic heterocycles. The van der Waals surface area contributed by atoms with Gasteiger partial charge in [-0.1, -0.05) is 19.0 Å². The van der Waals surface area contributed by atoms with Crippen LogP contribution < -0.4 is 11.1 Å². The lowest BCUT2D eigenvalue weighted by molar-refractivity contribution is -0.117. The molecule has 0 saturated carbocycles. The van der Waals surface area contributed by atoms with E-state index in [1.807, 2.05) is 0 Å². The number of hydrogen-bond donors (Lipinski definition) is 2. The Kier molecular flexibility index (Phi) is 4.98. The summed E-state index contributed by atoms with van der Waals surface area (Å²) in [5.41, 5.74) is 5.63. The highest BCUT2D eigenvalue weighted by atomic mass is 16.5. The normalized spacial score (nSPS) is 12.8. The summed E-state index contributed by atoms with van der Waals surface area (Å²) in [6.45, 7) is 4.78. The fraction of sp³-hybridized carbons (Fsp3) is 0.636. The van der Waals surface area contributed by atoms with Gasteiger partial charge in [-0.15, -0.1) is 0 Å². The van der Waals surface area contributed by atoms with Crippen LogP contribution in [0.15, 0.2) is 16.9 Å². The Balaban J connectivity index is 2.37. The van der Waals surface area contributed by atoms with Gasteiger partial charge >= 0.3 is 0 Å². The zero-order chi connectivity index (χ0) is 12.0. The molecule has 16 heavy (non-hydrogen) atoms. The van der Waals surface area contributed by atoms with Crippen molar-refractivity contribution >= 4 is 11.7 Å². The number of hydrogen-bond acceptors (Lipinski definition) is 4. The first-order valence-corrected chi connectivity index (χ1v) is 5.52. The SMILES string of the molecule is CC(C)CC(CN)CC(=O)Nc1ccon1. The van der Waals surface area contributed by atoms with Crippen molar-refractivity contribution in [3.8, 4) is 0 Å². The first kappa shape index (κ1) is 12.7. The maximum Gasteiger partial charge on any atom is 0.225 e. The van der Waals surface area contributed by atoms with E-state index in [0.29, 0.717) is 24.7 Å². The van der Waals surface area contributed by atoms with E-state index in [4.69, 9.17) is 5.73 Å². The van der Waals surface area contributed by atoms with Gasteiger partial charge in [-0.25, -0.2) is 0 Å². The van der Waals surface area contributed by atoms with Crippen molar-refractivity contribution in [2.75, 3.05) is 11.9 Å². The topological polar surface area (TPSA) is 81.2 Å². The molecule has 0 spiro atoms. The van der Waals surface area contributed by atoms with Crippen molar-refractivity contribution in [1.29, 1.82) is 0 Å². The minimum Gasteiger partial charge on any atom is -0.363 e. The highest BCUT2D eigenvalue weighted by Crippen LogP contribution is 2.15. The smallest absolute Gasteiger partial charge is 0.225 e. The highest BCUT2D eigenvalue weighted by molar-refractivity contribution is 5.89. The Hall–Kier alpha value is -1.36. The molecule has 0 aliphatic carbocycles. The average molecular weight is 225 g/mol. The third-order valence-corrected chi connectivity index (χ3v) is 2.32. The summed E-state index contributed by atoms with van der Waals surface area (Å²) in [7, 11) is 0. The molecule has 0 aromatic carbocycles. The fourth-order valence-electron chi connectivity index (χ4n) is 1.66. The minimum atomic E-state index is -0.0648. The molecule has 1 atom stereocenters. The van der Waals surface area contributed by atoms with Crippen LogP contribution in [0.25, 0.3) is 0 Å². The predicted octanol–water partition coefficient (Wildman–Crippen LogP) is 1.62. The van der Waals surface area contributed by atoms with Crippen LogP contribution >= 0.6 is 0 Å². The van der Waals surface area contributed by atoms with Crippen LogP contribution in [0.3, 0.4) is 0 Å². The van der Waals surface area contributed by atoms with Crippen molar-refractivity contribution in [1.82, 2.24) is 5.16 Å². The first-order valence-electron chi connectivity index (χ1n) is 5.52. The van der Waals surface area contributed by atoms with Crippen molar-refractivity contribution in [3.63, 3.8) is 0 Å². The van der Waals surface area contributed by atoms with Crippen LogP contribution in [0.2, 0.25) is 0 Å². The second-order valence-corrected chi connectivity index (χ2v) is 4.37. The number of anilines is 1. The standard InChI is InChI=1S/C11H19N3O2/c1-8(2)5-9(7-12)6-11(15)13-10-3-4-16-14-10/h3-4,8-9H,5-7,12H2,1-2H3,(H,13,14,15). The van der Waals surface area contributed by atoms with Gasteiger partial charge in [0.05, 0.1) is 0 Å².